The molecule has 0 radical (unpaired) electrons. The van der Waals surface area contributed by atoms with Gasteiger partial charge in [-0.25, -0.2) is 4.39 Å². The molecule has 0 amide bonds. The van der Waals surface area contributed by atoms with Crippen LogP contribution in [0.2, 0.25) is 0 Å². The van der Waals surface area contributed by atoms with Crippen LogP contribution in [0.4, 0.5) is 4.39 Å². The minimum atomic E-state index is -0.391. The topological polar surface area (TPSA) is 26.3 Å². The lowest BCUT2D eigenvalue weighted by Crippen LogP contribution is -2.20. The van der Waals surface area contributed by atoms with Gasteiger partial charge in [-0.05, 0) is 42.7 Å². The molecule has 2 nitrogen and oxygen atoms in total. The molecule has 3 heteroatoms. The molecule has 0 N–H and O–H groups in total. The summed E-state index contributed by atoms with van der Waals surface area (Å²) < 4.78 is 19.1. The third kappa shape index (κ3) is 2.20. The zero-order valence-electron chi connectivity index (χ0n) is 11.4. The lowest BCUT2D eigenvalue weighted by Gasteiger charge is -2.26. The van der Waals surface area contributed by atoms with Crippen molar-refractivity contribution in [2.45, 2.75) is 26.4 Å². The molecule has 0 aliphatic carbocycles. The van der Waals surface area contributed by atoms with Crippen molar-refractivity contribution in [1.29, 1.82) is 0 Å². The zero-order valence-corrected chi connectivity index (χ0v) is 11.4. The van der Waals surface area contributed by atoms with Gasteiger partial charge in [-0.2, -0.15) is 0 Å². The molecule has 0 saturated heterocycles. The van der Waals surface area contributed by atoms with Crippen LogP contribution in [0.25, 0.3) is 0 Å². The monoisotopic (exact) mass is 270 g/mol. The van der Waals surface area contributed by atoms with Gasteiger partial charge >= 0.3 is 0 Å². The number of carbonyl (C=O) groups is 1. The number of ether oxygens (including phenoxy) is 1. The van der Waals surface area contributed by atoms with E-state index in [-0.39, 0.29) is 11.9 Å². The first-order valence-electron chi connectivity index (χ1n) is 6.61. The number of hydrogen-bond acceptors (Lipinski definition) is 2. The first kappa shape index (κ1) is 12.9. The molecule has 2 aromatic rings. The van der Waals surface area contributed by atoms with Gasteiger partial charge in [0.1, 0.15) is 17.7 Å². The van der Waals surface area contributed by atoms with Crippen molar-refractivity contribution in [1.82, 2.24) is 0 Å². The lowest BCUT2D eigenvalue weighted by molar-refractivity contribution is 0.0849. The van der Waals surface area contributed by atoms with Crippen LogP contribution in [0.5, 0.6) is 5.75 Å². The average molecular weight is 270 g/mol. The highest BCUT2D eigenvalue weighted by Gasteiger charge is 2.28. The Labute approximate surface area is 117 Å². The molecule has 2 aromatic carbocycles. The highest BCUT2D eigenvalue weighted by atomic mass is 19.1. The molecule has 1 heterocycles. The summed E-state index contributed by atoms with van der Waals surface area (Å²) in [7, 11) is 0. The SMILES string of the molecule is Cc1ccc(C2CC(=O)c3ccc(F)cc3O2)cc1C. The van der Waals surface area contributed by atoms with E-state index in [9.17, 15) is 9.18 Å². The van der Waals surface area contributed by atoms with E-state index in [2.05, 4.69) is 0 Å². The predicted molar refractivity (Wildman–Crippen MR) is 74.6 cm³/mol. The van der Waals surface area contributed by atoms with Crippen LogP contribution >= 0.6 is 0 Å². The Morgan fingerprint density at radius 1 is 1.10 bits per heavy atom. The van der Waals surface area contributed by atoms with E-state index in [4.69, 9.17) is 4.74 Å². The number of halogens is 1. The first-order chi connectivity index (χ1) is 9.54. The summed E-state index contributed by atoms with van der Waals surface area (Å²) in [6, 6.07) is 10.1. The fraction of sp³-hybridized carbons (Fsp3) is 0.235. The summed E-state index contributed by atoms with van der Waals surface area (Å²) in [5, 5.41) is 0. The number of Topliss-reactive ketones (excluding diaryl/α,β-unsaturated/α-hetero) is 1. The number of benzene rings is 2. The van der Waals surface area contributed by atoms with Crippen molar-refractivity contribution < 1.29 is 13.9 Å². The second kappa shape index (κ2) is 4.75. The van der Waals surface area contributed by atoms with E-state index in [0.29, 0.717) is 17.7 Å². The van der Waals surface area contributed by atoms with Crippen LogP contribution in [-0.4, -0.2) is 5.78 Å². The second-order valence-electron chi connectivity index (χ2n) is 5.22. The number of carbonyl (C=O) groups excluding carboxylic acids is 1. The number of aryl methyl sites for hydroxylation is 2. The predicted octanol–water partition coefficient (Wildman–Crippen LogP) is 4.15. The van der Waals surface area contributed by atoms with Gasteiger partial charge in [-0.15, -0.1) is 0 Å². The van der Waals surface area contributed by atoms with E-state index in [1.54, 1.807) is 0 Å². The molecule has 1 aliphatic rings. The van der Waals surface area contributed by atoms with Gasteiger partial charge in [0.15, 0.2) is 5.78 Å². The van der Waals surface area contributed by atoms with E-state index in [1.807, 2.05) is 32.0 Å². The van der Waals surface area contributed by atoms with Gasteiger partial charge in [0.2, 0.25) is 0 Å². The van der Waals surface area contributed by atoms with Gasteiger partial charge in [-0.3, -0.25) is 4.79 Å². The maximum absolute atomic E-state index is 13.3. The summed E-state index contributed by atoms with van der Waals surface area (Å²) in [5.74, 6) is -0.0590. The molecule has 1 aliphatic heterocycles. The molecule has 0 bridgehead atoms. The molecule has 1 atom stereocenters. The number of fused-ring (bicyclic) bond motifs is 1. The first-order valence-corrected chi connectivity index (χ1v) is 6.61. The molecule has 0 saturated carbocycles. The Kier molecular flexibility index (Phi) is 3.05. The summed E-state index contributed by atoms with van der Waals surface area (Å²) in [6.45, 7) is 4.06. The van der Waals surface area contributed by atoms with Crippen molar-refractivity contribution in [3.05, 3.63) is 64.5 Å². The Morgan fingerprint density at radius 2 is 1.90 bits per heavy atom. The largest absolute Gasteiger partial charge is 0.484 e. The number of hydrogen-bond donors (Lipinski definition) is 0. The fourth-order valence-corrected chi connectivity index (χ4v) is 2.45. The molecule has 20 heavy (non-hydrogen) atoms. The van der Waals surface area contributed by atoms with Gasteiger partial charge in [0, 0.05) is 6.07 Å². The molecular formula is C17H15FO2. The summed E-state index contributed by atoms with van der Waals surface area (Å²) in [5.41, 5.74) is 3.77. The maximum Gasteiger partial charge on any atom is 0.170 e. The Morgan fingerprint density at radius 3 is 2.65 bits per heavy atom. The molecule has 0 aromatic heterocycles. The zero-order chi connectivity index (χ0) is 14.3. The quantitative estimate of drug-likeness (QED) is 0.778. The standard InChI is InChI=1S/C17H15FO2/c1-10-3-4-12(7-11(10)2)16-9-15(19)14-6-5-13(18)8-17(14)20-16/h3-8,16H,9H2,1-2H3. The van der Waals surface area contributed by atoms with Gasteiger partial charge in [0.25, 0.3) is 0 Å². The van der Waals surface area contributed by atoms with Crippen molar-refractivity contribution in [3.63, 3.8) is 0 Å². The van der Waals surface area contributed by atoms with E-state index >= 15 is 0 Å². The van der Waals surface area contributed by atoms with Crippen molar-refractivity contribution in [2.75, 3.05) is 0 Å². The molecular weight excluding hydrogens is 255 g/mol. The third-order valence-corrected chi connectivity index (χ3v) is 3.79. The van der Waals surface area contributed by atoms with E-state index in [1.165, 1.54) is 23.8 Å². The summed E-state index contributed by atoms with van der Waals surface area (Å²) >= 11 is 0. The van der Waals surface area contributed by atoms with E-state index in [0.717, 1.165) is 11.1 Å². The Hall–Kier alpha value is -2.16. The molecule has 0 fully saturated rings. The van der Waals surface area contributed by atoms with Crippen LogP contribution < -0.4 is 4.74 Å². The fourth-order valence-electron chi connectivity index (χ4n) is 2.45. The van der Waals surface area contributed by atoms with Crippen LogP contribution in [-0.2, 0) is 0 Å². The highest BCUT2D eigenvalue weighted by molar-refractivity contribution is 6.00. The maximum atomic E-state index is 13.3. The van der Waals surface area contributed by atoms with Crippen LogP contribution in [0.3, 0.4) is 0 Å². The molecule has 0 spiro atoms. The van der Waals surface area contributed by atoms with Crippen LogP contribution in [0, 0.1) is 19.7 Å². The average Bonchev–Trinajstić information content (AvgIpc) is 2.41. The van der Waals surface area contributed by atoms with Crippen molar-refractivity contribution in [2.24, 2.45) is 0 Å². The minimum Gasteiger partial charge on any atom is -0.484 e. The number of rotatable bonds is 1. The second-order valence-corrected chi connectivity index (χ2v) is 5.22. The van der Waals surface area contributed by atoms with Gasteiger partial charge in [-0.1, -0.05) is 18.2 Å². The van der Waals surface area contributed by atoms with Crippen molar-refractivity contribution in [3.8, 4) is 5.75 Å². The van der Waals surface area contributed by atoms with Crippen molar-refractivity contribution >= 4 is 5.78 Å². The molecule has 1 unspecified atom stereocenters. The Balaban J connectivity index is 1.98. The molecule has 102 valence electrons. The smallest absolute Gasteiger partial charge is 0.170 e. The van der Waals surface area contributed by atoms with E-state index < -0.39 is 5.82 Å². The van der Waals surface area contributed by atoms with Crippen LogP contribution in [0.15, 0.2) is 36.4 Å². The van der Waals surface area contributed by atoms with Crippen LogP contribution in [0.1, 0.15) is 39.6 Å². The lowest BCUT2D eigenvalue weighted by atomic mass is 9.94. The normalized spacial score (nSPS) is 17.6. The summed E-state index contributed by atoms with van der Waals surface area (Å²) in [6.07, 6.45) is -0.0442. The third-order valence-electron chi connectivity index (χ3n) is 3.79. The number of ketones is 1. The highest BCUT2D eigenvalue weighted by Crippen LogP contribution is 2.35. The summed E-state index contributed by atoms with van der Waals surface area (Å²) in [4.78, 5) is 12.1. The Bertz CT molecular complexity index is 691. The van der Waals surface area contributed by atoms with Gasteiger partial charge < -0.3 is 4.74 Å². The minimum absolute atomic E-state index is 0.00511. The molecule has 3 rings (SSSR count). The van der Waals surface area contributed by atoms with Gasteiger partial charge in [0.05, 0.1) is 12.0 Å².